The van der Waals surface area contributed by atoms with Crippen LogP contribution >= 0.6 is 0 Å². The van der Waals surface area contributed by atoms with E-state index in [0.717, 1.165) is 11.3 Å². The number of benzene rings is 1. The molecule has 0 unspecified atom stereocenters. The molecule has 4 heteroatoms. The summed E-state index contributed by atoms with van der Waals surface area (Å²) in [6, 6.07) is 7.52. The molecule has 0 aliphatic heterocycles. The molecule has 1 aromatic carbocycles. The van der Waals surface area contributed by atoms with Crippen molar-refractivity contribution in [3.63, 3.8) is 0 Å². The van der Waals surface area contributed by atoms with Gasteiger partial charge in [-0.3, -0.25) is 9.59 Å². The standard InChI is InChI=1S/C17H24N2O2/c1-19(2)17(21)12-14-7-9-15(10-8-14)18-16(20)11-13-5-3-4-6-13/h7-10,13H,3-6,11-12H2,1-2H3,(H,18,20). The summed E-state index contributed by atoms with van der Waals surface area (Å²) in [4.78, 5) is 25.2. The van der Waals surface area contributed by atoms with Gasteiger partial charge in [-0.15, -0.1) is 0 Å². The van der Waals surface area contributed by atoms with Crippen molar-refractivity contribution >= 4 is 17.5 Å². The predicted molar refractivity (Wildman–Crippen MR) is 84.0 cm³/mol. The third kappa shape index (κ3) is 4.88. The zero-order chi connectivity index (χ0) is 15.2. The SMILES string of the molecule is CN(C)C(=O)Cc1ccc(NC(=O)CC2CCCC2)cc1. The summed E-state index contributed by atoms with van der Waals surface area (Å²) in [7, 11) is 3.50. The first kappa shape index (κ1) is 15.5. The second kappa shape index (κ2) is 7.25. The Hall–Kier alpha value is -1.84. The van der Waals surface area contributed by atoms with Gasteiger partial charge in [0.15, 0.2) is 0 Å². The summed E-state index contributed by atoms with van der Waals surface area (Å²) in [5.41, 5.74) is 1.77. The molecule has 21 heavy (non-hydrogen) atoms. The maximum Gasteiger partial charge on any atom is 0.226 e. The van der Waals surface area contributed by atoms with Crippen LogP contribution in [0.5, 0.6) is 0 Å². The summed E-state index contributed by atoms with van der Waals surface area (Å²) < 4.78 is 0. The highest BCUT2D eigenvalue weighted by Gasteiger charge is 2.18. The molecule has 0 heterocycles. The van der Waals surface area contributed by atoms with Crippen LogP contribution in [0.15, 0.2) is 24.3 Å². The van der Waals surface area contributed by atoms with Gasteiger partial charge in [-0.2, -0.15) is 0 Å². The molecule has 0 atom stereocenters. The number of hydrogen-bond donors (Lipinski definition) is 1. The van der Waals surface area contributed by atoms with E-state index in [1.54, 1.807) is 19.0 Å². The number of carbonyl (C=O) groups excluding carboxylic acids is 2. The van der Waals surface area contributed by atoms with Gasteiger partial charge in [-0.1, -0.05) is 25.0 Å². The lowest BCUT2D eigenvalue weighted by atomic mass is 10.0. The third-order valence-electron chi connectivity index (χ3n) is 4.04. The number of likely N-dealkylation sites (N-methyl/N-ethyl adjacent to an activating group) is 1. The largest absolute Gasteiger partial charge is 0.349 e. The fourth-order valence-electron chi connectivity index (χ4n) is 2.73. The lowest BCUT2D eigenvalue weighted by molar-refractivity contribution is -0.128. The first-order chi connectivity index (χ1) is 10.0. The highest BCUT2D eigenvalue weighted by atomic mass is 16.2. The Morgan fingerprint density at radius 3 is 2.33 bits per heavy atom. The number of hydrogen-bond acceptors (Lipinski definition) is 2. The number of rotatable bonds is 5. The van der Waals surface area contributed by atoms with E-state index in [0.29, 0.717) is 18.8 Å². The summed E-state index contributed by atoms with van der Waals surface area (Å²) in [5.74, 6) is 0.731. The van der Waals surface area contributed by atoms with E-state index in [4.69, 9.17) is 0 Å². The summed E-state index contributed by atoms with van der Waals surface area (Å²) >= 11 is 0. The highest BCUT2D eigenvalue weighted by Crippen LogP contribution is 2.27. The molecule has 0 saturated heterocycles. The van der Waals surface area contributed by atoms with Crippen LogP contribution in [0, 0.1) is 5.92 Å². The number of carbonyl (C=O) groups is 2. The minimum absolute atomic E-state index is 0.0769. The van der Waals surface area contributed by atoms with Gasteiger partial charge >= 0.3 is 0 Å². The molecule has 1 fully saturated rings. The van der Waals surface area contributed by atoms with E-state index in [1.165, 1.54) is 25.7 Å². The van der Waals surface area contributed by atoms with Gasteiger partial charge in [0.25, 0.3) is 0 Å². The minimum atomic E-state index is 0.0769. The van der Waals surface area contributed by atoms with Crippen LogP contribution in [0.2, 0.25) is 0 Å². The van der Waals surface area contributed by atoms with Gasteiger partial charge in [0, 0.05) is 26.2 Å². The molecule has 2 amide bonds. The molecule has 4 nitrogen and oxygen atoms in total. The summed E-state index contributed by atoms with van der Waals surface area (Å²) in [5, 5.41) is 2.94. The van der Waals surface area contributed by atoms with Gasteiger partial charge in [-0.25, -0.2) is 0 Å². The average molecular weight is 288 g/mol. The van der Waals surface area contributed by atoms with Gasteiger partial charge in [0.1, 0.15) is 0 Å². The lowest BCUT2D eigenvalue weighted by Gasteiger charge is -2.11. The Kier molecular flexibility index (Phi) is 5.37. The monoisotopic (exact) mass is 288 g/mol. The maximum absolute atomic E-state index is 11.9. The number of anilines is 1. The smallest absolute Gasteiger partial charge is 0.226 e. The lowest BCUT2D eigenvalue weighted by Crippen LogP contribution is -2.23. The number of nitrogens with one attached hydrogen (secondary N) is 1. The van der Waals surface area contributed by atoms with Gasteiger partial charge in [-0.05, 0) is 36.5 Å². The predicted octanol–water partition coefficient (Wildman–Crippen LogP) is 2.84. The minimum Gasteiger partial charge on any atom is -0.349 e. The van der Waals surface area contributed by atoms with Crippen molar-refractivity contribution < 1.29 is 9.59 Å². The van der Waals surface area contributed by atoms with Crippen molar-refractivity contribution in [3.05, 3.63) is 29.8 Å². The molecule has 1 aliphatic rings. The molecular formula is C17H24N2O2. The topological polar surface area (TPSA) is 49.4 Å². The fourth-order valence-corrected chi connectivity index (χ4v) is 2.73. The van der Waals surface area contributed by atoms with E-state index in [9.17, 15) is 9.59 Å². The van der Waals surface area contributed by atoms with Crippen molar-refractivity contribution in [2.45, 2.75) is 38.5 Å². The van der Waals surface area contributed by atoms with Crippen molar-refractivity contribution in [2.24, 2.45) is 5.92 Å². The molecule has 0 bridgehead atoms. The molecule has 0 radical (unpaired) electrons. The van der Waals surface area contributed by atoms with Gasteiger partial charge < -0.3 is 10.2 Å². The molecular weight excluding hydrogens is 264 g/mol. The van der Waals surface area contributed by atoms with Crippen LogP contribution in [-0.4, -0.2) is 30.8 Å². The van der Waals surface area contributed by atoms with E-state index < -0.39 is 0 Å². The van der Waals surface area contributed by atoms with Crippen LogP contribution in [0.1, 0.15) is 37.7 Å². The molecule has 1 aliphatic carbocycles. The van der Waals surface area contributed by atoms with Gasteiger partial charge in [0.2, 0.25) is 11.8 Å². The molecule has 1 N–H and O–H groups in total. The van der Waals surface area contributed by atoms with Crippen molar-refractivity contribution in [2.75, 3.05) is 19.4 Å². The van der Waals surface area contributed by atoms with Gasteiger partial charge in [0.05, 0.1) is 6.42 Å². The fraction of sp³-hybridized carbons (Fsp3) is 0.529. The first-order valence-electron chi connectivity index (χ1n) is 7.63. The van der Waals surface area contributed by atoms with Crippen LogP contribution in [0.25, 0.3) is 0 Å². The van der Waals surface area contributed by atoms with Crippen LogP contribution in [-0.2, 0) is 16.0 Å². The second-order valence-electron chi connectivity index (χ2n) is 6.06. The van der Waals surface area contributed by atoms with E-state index in [2.05, 4.69) is 5.32 Å². The molecule has 114 valence electrons. The van der Waals surface area contributed by atoms with Crippen LogP contribution in [0.3, 0.4) is 0 Å². The van der Waals surface area contributed by atoms with Crippen molar-refractivity contribution in [1.29, 1.82) is 0 Å². The molecule has 0 spiro atoms. The third-order valence-corrected chi connectivity index (χ3v) is 4.04. The number of amides is 2. The van der Waals surface area contributed by atoms with Crippen LogP contribution in [0.4, 0.5) is 5.69 Å². The van der Waals surface area contributed by atoms with Crippen LogP contribution < -0.4 is 5.32 Å². The van der Waals surface area contributed by atoms with E-state index in [-0.39, 0.29) is 11.8 Å². The quantitative estimate of drug-likeness (QED) is 0.905. The Balaban J connectivity index is 1.84. The zero-order valence-corrected chi connectivity index (χ0v) is 12.9. The van der Waals surface area contributed by atoms with E-state index >= 15 is 0 Å². The highest BCUT2D eigenvalue weighted by molar-refractivity contribution is 5.91. The normalized spacial score (nSPS) is 15.0. The van der Waals surface area contributed by atoms with Crippen molar-refractivity contribution in [3.8, 4) is 0 Å². The number of nitrogens with zero attached hydrogens (tertiary/aromatic N) is 1. The molecule has 0 aromatic heterocycles. The summed E-state index contributed by atoms with van der Waals surface area (Å²) in [6.45, 7) is 0. The maximum atomic E-state index is 11.9. The Morgan fingerprint density at radius 1 is 1.14 bits per heavy atom. The Morgan fingerprint density at radius 2 is 1.76 bits per heavy atom. The molecule has 2 rings (SSSR count). The zero-order valence-electron chi connectivity index (χ0n) is 12.9. The molecule has 1 aromatic rings. The summed E-state index contributed by atoms with van der Waals surface area (Å²) in [6.07, 6.45) is 5.89. The molecule has 1 saturated carbocycles. The van der Waals surface area contributed by atoms with Crippen molar-refractivity contribution in [1.82, 2.24) is 4.90 Å². The average Bonchev–Trinajstić information content (AvgIpc) is 2.93. The van der Waals surface area contributed by atoms with E-state index in [1.807, 2.05) is 24.3 Å². The second-order valence-corrected chi connectivity index (χ2v) is 6.06. The Labute approximate surface area is 126 Å². The Bertz CT molecular complexity index is 488. The first-order valence-corrected chi connectivity index (χ1v) is 7.63.